The molecule has 22 heavy (non-hydrogen) atoms. The van der Waals surface area contributed by atoms with Crippen LogP contribution in [0.5, 0.6) is 5.75 Å². The van der Waals surface area contributed by atoms with E-state index < -0.39 is 0 Å². The molecule has 1 unspecified atom stereocenters. The van der Waals surface area contributed by atoms with E-state index in [1.54, 1.807) is 6.07 Å². The van der Waals surface area contributed by atoms with Crippen LogP contribution in [0.3, 0.4) is 0 Å². The third-order valence-corrected chi connectivity index (χ3v) is 4.87. The van der Waals surface area contributed by atoms with Crippen molar-refractivity contribution in [3.8, 4) is 5.75 Å². The molecule has 120 valence electrons. The van der Waals surface area contributed by atoms with E-state index in [1.165, 1.54) is 61.1 Å². The maximum atomic E-state index is 9.78. The van der Waals surface area contributed by atoms with E-state index in [0.29, 0.717) is 5.75 Å². The Morgan fingerprint density at radius 2 is 2.00 bits per heavy atom. The number of nitrogens with zero attached hydrogens (tertiary/aromatic N) is 1. The van der Waals surface area contributed by atoms with Gasteiger partial charge < -0.3 is 15.0 Å². The number of nitrogens with one attached hydrogen (secondary N) is 1. The fourth-order valence-electron chi connectivity index (χ4n) is 3.93. The van der Waals surface area contributed by atoms with Crippen molar-refractivity contribution in [3.05, 3.63) is 29.5 Å². The number of benzene rings is 1. The van der Waals surface area contributed by atoms with E-state index in [-0.39, 0.29) is 0 Å². The molecule has 1 aromatic heterocycles. The van der Waals surface area contributed by atoms with E-state index >= 15 is 0 Å². The van der Waals surface area contributed by atoms with Gasteiger partial charge in [0.05, 0.1) is 0 Å². The molecule has 0 radical (unpaired) electrons. The summed E-state index contributed by atoms with van der Waals surface area (Å²) in [4.78, 5) is 6.17. The Hall–Kier alpha value is -1.48. The van der Waals surface area contributed by atoms with Crippen molar-refractivity contribution in [1.29, 1.82) is 0 Å². The predicted molar refractivity (Wildman–Crippen MR) is 92.5 cm³/mol. The fourth-order valence-corrected chi connectivity index (χ4v) is 3.93. The largest absolute Gasteiger partial charge is 0.508 e. The Labute approximate surface area is 133 Å². The van der Waals surface area contributed by atoms with Crippen molar-refractivity contribution in [3.63, 3.8) is 0 Å². The van der Waals surface area contributed by atoms with Gasteiger partial charge in [-0.25, -0.2) is 0 Å². The molecule has 1 atom stereocenters. The molecular weight excluding hydrogens is 272 g/mol. The molecule has 2 aromatic rings. The van der Waals surface area contributed by atoms with Crippen LogP contribution < -0.4 is 0 Å². The molecule has 0 saturated carbocycles. The minimum Gasteiger partial charge on any atom is -0.508 e. The Bertz CT molecular complexity index is 626. The SMILES string of the molecule is CCCN(CCC)CC1CCc2[nH]c3ccc(O)cc3c2C1. The summed E-state index contributed by atoms with van der Waals surface area (Å²) in [6, 6.07) is 5.69. The van der Waals surface area contributed by atoms with Crippen LogP contribution in [0.25, 0.3) is 10.9 Å². The van der Waals surface area contributed by atoms with Crippen LogP contribution >= 0.6 is 0 Å². The first-order chi connectivity index (χ1) is 10.7. The summed E-state index contributed by atoms with van der Waals surface area (Å²) in [7, 11) is 0. The van der Waals surface area contributed by atoms with Crippen LogP contribution in [0.2, 0.25) is 0 Å². The number of hydrogen-bond acceptors (Lipinski definition) is 2. The maximum Gasteiger partial charge on any atom is 0.116 e. The van der Waals surface area contributed by atoms with Crippen molar-refractivity contribution in [1.82, 2.24) is 9.88 Å². The van der Waals surface area contributed by atoms with Crippen molar-refractivity contribution >= 4 is 10.9 Å². The lowest BCUT2D eigenvalue weighted by Gasteiger charge is -2.29. The number of aromatic nitrogens is 1. The second-order valence-electron chi connectivity index (χ2n) is 6.72. The molecule has 0 fully saturated rings. The van der Waals surface area contributed by atoms with Crippen LogP contribution in [-0.2, 0) is 12.8 Å². The molecule has 0 spiro atoms. The van der Waals surface area contributed by atoms with Gasteiger partial charge in [0.1, 0.15) is 5.75 Å². The number of aromatic hydroxyl groups is 1. The highest BCUT2D eigenvalue weighted by Gasteiger charge is 2.24. The number of H-pyrrole nitrogens is 1. The van der Waals surface area contributed by atoms with E-state index in [2.05, 4.69) is 23.7 Å². The molecule has 0 saturated heterocycles. The minimum absolute atomic E-state index is 0.370. The number of fused-ring (bicyclic) bond motifs is 3. The van der Waals surface area contributed by atoms with Gasteiger partial charge in [0.2, 0.25) is 0 Å². The molecule has 0 aliphatic heterocycles. The van der Waals surface area contributed by atoms with Crippen molar-refractivity contribution in [2.24, 2.45) is 5.92 Å². The summed E-state index contributed by atoms with van der Waals surface area (Å²) < 4.78 is 0. The molecule has 0 amide bonds. The molecule has 1 aliphatic carbocycles. The average molecular weight is 300 g/mol. The highest BCUT2D eigenvalue weighted by atomic mass is 16.3. The number of aryl methyl sites for hydroxylation is 1. The Morgan fingerprint density at radius 3 is 2.73 bits per heavy atom. The Kier molecular flexibility index (Phi) is 4.72. The quantitative estimate of drug-likeness (QED) is 0.843. The molecule has 1 heterocycles. The van der Waals surface area contributed by atoms with Crippen LogP contribution in [0, 0.1) is 5.92 Å². The lowest BCUT2D eigenvalue weighted by Crippen LogP contribution is -2.33. The first-order valence-corrected chi connectivity index (χ1v) is 8.76. The molecule has 1 aromatic carbocycles. The van der Waals surface area contributed by atoms with Gasteiger partial charge in [0.25, 0.3) is 0 Å². The number of rotatable bonds is 6. The zero-order chi connectivity index (χ0) is 15.5. The Morgan fingerprint density at radius 1 is 1.23 bits per heavy atom. The van der Waals surface area contributed by atoms with Crippen molar-refractivity contribution < 1.29 is 5.11 Å². The second kappa shape index (κ2) is 6.74. The fraction of sp³-hybridized carbons (Fsp3) is 0.579. The van der Waals surface area contributed by atoms with Gasteiger partial charge in [-0.15, -0.1) is 0 Å². The van der Waals surface area contributed by atoms with Gasteiger partial charge >= 0.3 is 0 Å². The summed E-state index contributed by atoms with van der Waals surface area (Å²) in [5, 5.41) is 11.0. The minimum atomic E-state index is 0.370. The first kappa shape index (κ1) is 15.4. The number of aromatic amines is 1. The lowest BCUT2D eigenvalue weighted by atomic mass is 9.86. The number of phenolic OH excluding ortho intramolecular Hbond substituents is 1. The smallest absolute Gasteiger partial charge is 0.116 e. The zero-order valence-electron chi connectivity index (χ0n) is 13.9. The molecule has 1 aliphatic rings. The van der Waals surface area contributed by atoms with Gasteiger partial charge in [-0.2, -0.15) is 0 Å². The molecule has 2 N–H and O–H groups in total. The highest BCUT2D eigenvalue weighted by molar-refractivity contribution is 5.86. The molecular formula is C19H28N2O. The zero-order valence-corrected chi connectivity index (χ0v) is 13.9. The summed E-state index contributed by atoms with van der Waals surface area (Å²) in [6.45, 7) is 8.18. The van der Waals surface area contributed by atoms with Crippen LogP contribution in [0.1, 0.15) is 44.4 Å². The monoisotopic (exact) mass is 300 g/mol. The summed E-state index contributed by atoms with van der Waals surface area (Å²) in [6.07, 6.45) is 6.03. The molecule has 0 bridgehead atoms. The predicted octanol–water partition coefficient (Wildman–Crippen LogP) is 4.10. The lowest BCUT2D eigenvalue weighted by molar-refractivity contribution is 0.220. The molecule has 3 heteroatoms. The topological polar surface area (TPSA) is 39.3 Å². The summed E-state index contributed by atoms with van der Waals surface area (Å²) in [5.74, 6) is 1.11. The molecule has 3 nitrogen and oxygen atoms in total. The van der Waals surface area contributed by atoms with E-state index in [0.717, 1.165) is 18.8 Å². The van der Waals surface area contributed by atoms with Gasteiger partial charge in [-0.1, -0.05) is 13.8 Å². The third-order valence-electron chi connectivity index (χ3n) is 4.87. The highest BCUT2D eigenvalue weighted by Crippen LogP contribution is 2.33. The summed E-state index contributed by atoms with van der Waals surface area (Å²) in [5.41, 5.74) is 3.99. The van der Waals surface area contributed by atoms with Gasteiger partial charge in [0, 0.05) is 23.1 Å². The van der Waals surface area contributed by atoms with Crippen molar-refractivity contribution in [2.45, 2.75) is 46.0 Å². The van der Waals surface area contributed by atoms with Crippen LogP contribution in [0.15, 0.2) is 18.2 Å². The van der Waals surface area contributed by atoms with E-state index in [1.807, 2.05) is 12.1 Å². The van der Waals surface area contributed by atoms with Crippen LogP contribution in [0.4, 0.5) is 0 Å². The second-order valence-corrected chi connectivity index (χ2v) is 6.72. The number of phenols is 1. The maximum absolute atomic E-state index is 9.78. The van der Waals surface area contributed by atoms with Gasteiger partial charge in [0.15, 0.2) is 0 Å². The normalized spacial score (nSPS) is 18.0. The van der Waals surface area contributed by atoms with Gasteiger partial charge in [-0.3, -0.25) is 0 Å². The summed E-state index contributed by atoms with van der Waals surface area (Å²) >= 11 is 0. The average Bonchev–Trinajstić information content (AvgIpc) is 2.85. The third kappa shape index (κ3) is 3.14. The van der Waals surface area contributed by atoms with E-state index in [9.17, 15) is 5.11 Å². The van der Waals surface area contributed by atoms with Crippen LogP contribution in [-0.4, -0.2) is 34.6 Å². The standard InChI is InChI=1S/C19H28N2O/c1-3-9-21(10-4-2)13-14-5-7-18-16(11-14)17-12-15(22)6-8-19(17)20-18/h6,8,12,14,20,22H,3-5,7,9-11,13H2,1-2H3. The van der Waals surface area contributed by atoms with Gasteiger partial charge in [-0.05, 0) is 74.9 Å². The number of hydrogen-bond donors (Lipinski definition) is 2. The van der Waals surface area contributed by atoms with Crippen molar-refractivity contribution in [2.75, 3.05) is 19.6 Å². The Balaban J connectivity index is 1.77. The first-order valence-electron chi connectivity index (χ1n) is 8.76. The van der Waals surface area contributed by atoms with E-state index in [4.69, 9.17) is 0 Å². The molecule has 3 rings (SSSR count).